The van der Waals surface area contributed by atoms with Crippen LogP contribution < -0.4 is 15.5 Å². The summed E-state index contributed by atoms with van der Waals surface area (Å²) in [5.41, 5.74) is 2.99. The van der Waals surface area contributed by atoms with Crippen LogP contribution in [0.25, 0.3) is 0 Å². The number of pyridine rings is 1. The Kier molecular flexibility index (Phi) is 4.20. The van der Waals surface area contributed by atoms with Gasteiger partial charge in [0.15, 0.2) is 0 Å². The van der Waals surface area contributed by atoms with Crippen molar-refractivity contribution in [2.75, 3.05) is 36.7 Å². The van der Waals surface area contributed by atoms with Gasteiger partial charge in [-0.1, -0.05) is 12.1 Å². The van der Waals surface area contributed by atoms with Crippen LogP contribution in [0.1, 0.15) is 10.4 Å². The molecule has 0 saturated heterocycles. The Bertz CT molecular complexity index is 610. The summed E-state index contributed by atoms with van der Waals surface area (Å²) in [6, 6.07) is 9.44. The number of carbonyl (C=O) groups is 1. The van der Waals surface area contributed by atoms with Crippen molar-refractivity contribution in [3.63, 3.8) is 0 Å². The van der Waals surface area contributed by atoms with Crippen molar-refractivity contribution in [2.45, 2.75) is 0 Å². The average Bonchev–Trinajstić information content (AvgIpc) is 2.47. The minimum absolute atomic E-state index is 0.184. The Morgan fingerprint density at radius 2 is 1.90 bits per heavy atom. The van der Waals surface area contributed by atoms with Crippen molar-refractivity contribution in [3.05, 3.63) is 48.3 Å². The summed E-state index contributed by atoms with van der Waals surface area (Å²) < 4.78 is 0. The maximum absolute atomic E-state index is 12.4. The van der Waals surface area contributed by atoms with Crippen LogP contribution in [-0.2, 0) is 0 Å². The minimum Gasteiger partial charge on any atom is -0.387 e. The number of benzene rings is 1. The van der Waals surface area contributed by atoms with Crippen molar-refractivity contribution in [1.82, 2.24) is 4.98 Å². The van der Waals surface area contributed by atoms with Gasteiger partial charge in [0.25, 0.3) is 5.91 Å². The van der Waals surface area contributed by atoms with E-state index in [1.54, 1.807) is 25.5 Å². The van der Waals surface area contributed by atoms with Gasteiger partial charge in [-0.15, -0.1) is 0 Å². The monoisotopic (exact) mass is 270 g/mol. The second-order valence-electron chi connectivity index (χ2n) is 4.54. The van der Waals surface area contributed by atoms with Crippen molar-refractivity contribution < 1.29 is 4.79 Å². The molecule has 0 aliphatic carbocycles. The largest absolute Gasteiger partial charge is 0.387 e. The highest BCUT2D eigenvalue weighted by Gasteiger charge is 2.13. The summed E-state index contributed by atoms with van der Waals surface area (Å²) in [5.74, 6) is -0.184. The smallest absolute Gasteiger partial charge is 0.259 e. The van der Waals surface area contributed by atoms with Gasteiger partial charge in [-0.2, -0.15) is 0 Å². The fourth-order valence-electron chi connectivity index (χ4n) is 1.95. The van der Waals surface area contributed by atoms with E-state index in [1.807, 2.05) is 43.3 Å². The van der Waals surface area contributed by atoms with Crippen LogP contribution in [0.2, 0.25) is 0 Å². The lowest BCUT2D eigenvalue weighted by Crippen LogP contribution is -2.17. The number of carbonyl (C=O) groups excluding carboxylic acids is 1. The van der Waals surface area contributed by atoms with Gasteiger partial charge in [0.05, 0.1) is 16.9 Å². The number of amides is 1. The lowest BCUT2D eigenvalue weighted by atomic mass is 10.2. The minimum atomic E-state index is -0.184. The third-order valence-electron chi connectivity index (χ3n) is 2.97. The van der Waals surface area contributed by atoms with Gasteiger partial charge in [0.1, 0.15) is 0 Å². The molecule has 1 aromatic heterocycles. The fraction of sp³-hybridized carbons (Fsp3) is 0.200. The van der Waals surface area contributed by atoms with E-state index in [0.29, 0.717) is 5.56 Å². The molecule has 1 aromatic carbocycles. The highest BCUT2D eigenvalue weighted by molar-refractivity contribution is 6.09. The second-order valence-corrected chi connectivity index (χ2v) is 4.54. The van der Waals surface area contributed by atoms with Crippen LogP contribution in [0.5, 0.6) is 0 Å². The number of rotatable bonds is 4. The summed E-state index contributed by atoms with van der Waals surface area (Å²) in [4.78, 5) is 18.3. The average molecular weight is 270 g/mol. The van der Waals surface area contributed by atoms with E-state index in [2.05, 4.69) is 15.6 Å². The first-order valence-electron chi connectivity index (χ1n) is 6.33. The van der Waals surface area contributed by atoms with Crippen LogP contribution in [0, 0.1) is 0 Å². The molecule has 0 atom stereocenters. The molecule has 0 bridgehead atoms. The molecule has 0 aliphatic rings. The summed E-state index contributed by atoms with van der Waals surface area (Å²) in [7, 11) is 5.65. The molecule has 2 aromatic rings. The predicted octanol–water partition coefficient (Wildman–Crippen LogP) is 2.44. The normalized spacial score (nSPS) is 9.95. The molecule has 1 heterocycles. The quantitative estimate of drug-likeness (QED) is 0.896. The maximum atomic E-state index is 12.4. The third-order valence-corrected chi connectivity index (χ3v) is 2.97. The van der Waals surface area contributed by atoms with Gasteiger partial charge in [0.2, 0.25) is 0 Å². The Hall–Kier alpha value is -2.56. The molecule has 20 heavy (non-hydrogen) atoms. The SMILES string of the molecule is CNc1ccncc1C(=O)Nc1ccccc1N(C)C. The van der Waals surface area contributed by atoms with Crippen LogP contribution in [0.4, 0.5) is 17.1 Å². The number of anilines is 3. The molecule has 0 spiro atoms. The zero-order valence-corrected chi connectivity index (χ0v) is 11.8. The lowest BCUT2D eigenvalue weighted by molar-refractivity contribution is 0.102. The fourth-order valence-corrected chi connectivity index (χ4v) is 1.95. The summed E-state index contributed by atoms with van der Waals surface area (Å²) >= 11 is 0. The molecule has 0 fully saturated rings. The van der Waals surface area contributed by atoms with Crippen LogP contribution in [0.3, 0.4) is 0 Å². The van der Waals surface area contributed by atoms with E-state index in [1.165, 1.54) is 0 Å². The van der Waals surface area contributed by atoms with Gasteiger partial charge in [0, 0.05) is 39.2 Å². The first-order chi connectivity index (χ1) is 9.63. The zero-order valence-electron chi connectivity index (χ0n) is 11.8. The Morgan fingerprint density at radius 3 is 2.60 bits per heavy atom. The van der Waals surface area contributed by atoms with Gasteiger partial charge >= 0.3 is 0 Å². The van der Waals surface area contributed by atoms with E-state index in [4.69, 9.17) is 0 Å². The van der Waals surface area contributed by atoms with E-state index in [9.17, 15) is 4.79 Å². The highest BCUT2D eigenvalue weighted by Crippen LogP contribution is 2.24. The van der Waals surface area contributed by atoms with Gasteiger partial charge in [-0.05, 0) is 18.2 Å². The van der Waals surface area contributed by atoms with Crippen molar-refractivity contribution in [1.29, 1.82) is 0 Å². The van der Waals surface area contributed by atoms with Crippen molar-refractivity contribution in [2.24, 2.45) is 0 Å². The van der Waals surface area contributed by atoms with Crippen LogP contribution in [-0.4, -0.2) is 32.0 Å². The van der Waals surface area contributed by atoms with Gasteiger partial charge in [-0.3, -0.25) is 9.78 Å². The third kappa shape index (κ3) is 2.88. The molecule has 0 saturated carbocycles. The van der Waals surface area contributed by atoms with Gasteiger partial charge < -0.3 is 15.5 Å². The standard InChI is InChI=1S/C15H18N4O/c1-16-12-8-9-17-10-11(12)15(20)18-13-6-4-5-7-14(13)19(2)3/h4-10H,1-3H3,(H,16,17)(H,18,20). The molecule has 104 valence electrons. The number of aromatic nitrogens is 1. The molecule has 2 N–H and O–H groups in total. The van der Waals surface area contributed by atoms with E-state index < -0.39 is 0 Å². The number of nitrogens with one attached hydrogen (secondary N) is 2. The number of para-hydroxylation sites is 2. The molecule has 0 aliphatic heterocycles. The van der Waals surface area contributed by atoms with E-state index >= 15 is 0 Å². The molecular weight excluding hydrogens is 252 g/mol. The lowest BCUT2D eigenvalue weighted by Gasteiger charge is -2.18. The van der Waals surface area contributed by atoms with Gasteiger partial charge in [-0.25, -0.2) is 0 Å². The zero-order chi connectivity index (χ0) is 14.5. The Morgan fingerprint density at radius 1 is 1.15 bits per heavy atom. The van der Waals surface area contributed by atoms with E-state index in [-0.39, 0.29) is 5.91 Å². The summed E-state index contributed by atoms with van der Waals surface area (Å²) in [6.45, 7) is 0. The molecule has 5 heteroatoms. The molecule has 0 radical (unpaired) electrons. The number of hydrogen-bond acceptors (Lipinski definition) is 4. The van der Waals surface area contributed by atoms with Crippen LogP contribution >= 0.6 is 0 Å². The van der Waals surface area contributed by atoms with E-state index in [0.717, 1.165) is 17.1 Å². The molecular formula is C15H18N4O. The Balaban J connectivity index is 2.28. The molecule has 0 unspecified atom stereocenters. The predicted molar refractivity (Wildman–Crippen MR) is 82.5 cm³/mol. The van der Waals surface area contributed by atoms with Crippen molar-refractivity contribution in [3.8, 4) is 0 Å². The summed E-state index contributed by atoms with van der Waals surface area (Å²) in [5, 5.41) is 5.91. The molecule has 5 nitrogen and oxygen atoms in total. The first kappa shape index (κ1) is 13.9. The number of nitrogens with zero attached hydrogens (tertiary/aromatic N) is 2. The highest BCUT2D eigenvalue weighted by atomic mass is 16.1. The van der Waals surface area contributed by atoms with Crippen LogP contribution in [0.15, 0.2) is 42.7 Å². The molecule has 2 rings (SSSR count). The van der Waals surface area contributed by atoms with Crippen molar-refractivity contribution >= 4 is 23.0 Å². The first-order valence-corrected chi connectivity index (χ1v) is 6.33. The Labute approximate surface area is 118 Å². The summed E-state index contributed by atoms with van der Waals surface area (Å²) in [6.07, 6.45) is 3.20. The molecule has 1 amide bonds. The topological polar surface area (TPSA) is 57.3 Å². The second kappa shape index (κ2) is 6.06. The number of hydrogen-bond donors (Lipinski definition) is 2. The maximum Gasteiger partial charge on any atom is 0.259 e.